The van der Waals surface area contributed by atoms with Crippen LogP contribution in [0, 0.1) is 5.92 Å². The third-order valence-corrected chi connectivity index (χ3v) is 3.47. The SMILES string of the molecule is Cn1ccnc1CCOC1CCCC1CN. The summed E-state index contributed by atoms with van der Waals surface area (Å²) in [5.74, 6) is 1.66. The molecule has 2 rings (SSSR count). The zero-order chi connectivity index (χ0) is 11.4. The third-order valence-electron chi connectivity index (χ3n) is 3.47. The zero-order valence-electron chi connectivity index (χ0n) is 9.93. The van der Waals surface area contributed by atoms with Crippen LogP contribution in [0.5, 0.6) is 0 Å². The molecule has 0 aromatic carbocycles. The van der Waals surface area contributed by atoms with Crippen molar-refractivity contribution in [2.24, 2.45) is 18.7 Å². The summed E-state index contributed by atoms with van der Waals surface area (Å²) in [6.07, 6.45) is 8.71. The van der Waals surface area contributed by atoms with Crippen molar-refractivity contribution in [3.63, 3.8) is 0 Å². The Kier molecular flexibility index (Phi) is 3.96. The van der Waals surface area contributed by atoms with Gasteiger partial charge in [-0.25, -0.2) is 4.98 Å². The Hall–Kier alpha value is -0.870. The second-order valence-corrected chi connectivity index (χ2v) is 4.54. The lowest BCUT2D eigenvalue weighted by atomic mass is 10.1. The van der Waals surface area contributed by atoms with Crippen LogP contribution in [0.3, 0.4) is 0 Å². The molecule has 16 heavy (non-hydrogen) atoms. The molecule has 1 aromatic rings. The number of aromatic nitrogens is 2. The lowest BCUT2D eigenvalue weighted by Gasteiger charge is -2.18. The quantitative estimate of drug-likeness (QED) is 0.813. The highest BCUT2D eigenvalue weighted by molar-refractivity contribution is 4.91. The van der Waals surface area contributed by atoms with Gasteiger partial charge < -0.3 is 15.0 Å². The van der Waals surface area contributed by atoms with Crippen LogP contribution >= 0.6 is 0 Å². The first-order valence-corrected chi connectivity index (χ1v) is 6.09. The van der Waals surface area contributed by atoms with Crippen molar-refractivity contribution < 1.29 is 4.74 Å². The first kappa shape index (κ1) is 11.6. The molecule has 0 saturated heterocycles. The Bertz CT molecular complexity index is 324. The molecule has 0 aliphatic heterocycles. The fourth-order valence-corrected chi connectivity index (χ4v) is 2.43. The molecule has 1 aliphatic rings. The van der Waals surface area contributed by atoms with E-state index in [0.717, 1.165) is 25.4 Å². The van der Waals surface area contributed by atoms with E-state index in [1.165, 1.54) is 19.3 Å². The van der Waals surface area contributed by atoms with Crippen molar-refractivity contribution in [2.75, 3.05) is 13.2 Å². The van der Waals surface area contributed by atoms with E-state index in [1.807, 2.05) is 24.0 Å². The van der Waals surface area contributed by atoms with Gasteiger partial charge in [-0.05, 0) is 25.3 Å². The number of imidazole rings is 1. The largest absolute Gasteiger partial charge is 0.377 e. The molecule has 90 valence electrons. The maximum Gasteiger partial charge on any atom is 0.110 e. The van der Waals surface area contributed by atoms with Crippen molar-refractivity contribution in [3.05, 3.63) is 18.2 Å². The van der Waals surface area contributed by atoms with E-state index in [0.29, 0.717) is 12.0 Å². The van der Waals surface area contributed by atoms with E-state index in [2.05, 4.69) is 4.98 Å². The van der Waals surface area contributed by atoms with E-state index in [4.69, 9.17) is 10.5 Å². The Morgan fingerprint density at radius 1 is 1.56 bits per heavy atom. The van der Waals surface area contributed by atoms with Crippen molar-refractivity contribution in [1.29, 1.82) is 0 Å². The lowest BCUT2D eigenvalue weighted by molar-refractivity contribution is 0.0311. The summed E-state index contributed by atoms with van der Waals surface area (Å²) in [4.78, 5) is 4.28. The molecule has 0 bridgehead atoms. The Labute approximate surface area is 96.8 Å². The number of hydrogen-bond donors (Lipinski definition) is 1. The van der Waals surface area contributed by atoms with Crippen LogP contribution in [0.4, 0.5) is 0 Å². The second kappa shape index (κ2) is 5.46. The topological polar surface area (TPSA) is 53.1 Å². The molecular formula is C12H21N3O. The number of aryl methyl sites for hydroxylation is 1. The van der Waals surface area contributed by atoms with E-state index in [-0.39, 0.29) is 0 Å². The molecule has 4 nitrogen and oxygen atoms in total. The second-order valence-electron chi connectivity index (χ2n) is 4.54. The standard InChI is InChI=1S/C12H21N3O/c1-15-7-6-14-12(15)5-8-16-11-4-2-3-10(11)9-13/h6-7,10-11H,2-5,8-9,13H2,1H3. The van der Waals surface area contributed by atoms with Crippen LogP contribution in [0.25, 0.3) is 0 Å². The fourth-order valence-electron chi connectivity index (χ4n) is 2.43. The lowest BCUT2D eigenvalue weighted by Crippen LogP contribution is -2.26. The maximum absolute atomic E-state index is 5.90. The summed E-state index contributed by atoms with van der Waals surface area (Å²) in [7, 11) is 2.01. The van der Waals surface area contributed by atoms with Crippen molar-refractivity contribution in [1.82, 2.24) is 9.55 Å². The average Bonchev–Trinajstić information content (AvgIpc) is 2.88. The maximum atomic E-state index is 5.90. The molecule has 0 spiro atoms. The van der Waals surface area contributed by atoms with Gasteiger partial charge in [-0.15, -0.1) is 0 Å². The molecule has 4 heteroatoms. The van der Waals surface area contributed by atoms with Gasteiger partial charge in [0.2, 0.25) is 0 Å². The smallest absolute Gasteiger partial charge is 0.110 e. The van der Waals surface area contributed by atoms with Gasteiger partial charge in [0.1, 0.15) is 5.82 Å². The van der Waals surface area contributed by atoms with Gasteiger partial charge in [0.05, 0.1) is 12.7 Å². The number of nitrogens with two attached hydrogens (primary N) is 1. The molecule has 0 radical (unpaired) electrons. The van der Waals surface area contributed by atoms with Crippen LogP contribution in [0.2, 0.25) is 0 Å². The molecular weight excluding hydrogens is 202 g/mol. The zero-order valence-corrected chi connectivity index (χ0v) is 9.93. The number of rotatable bonds is 5. The van der Waals surface area contributed by atoms with Crippen LogP contribution in [0.1, 0.15) is 25.1 Å². The molecule has 2 atom stereocenters. The van der Waals surface area contributed by atoms with Crippen LogP contribution in [0.15, 0.2) is 12.4 Å². The summed E-state index contributed by atoms with van der Waals surface area (Å²) in [5, 5.41) is 0. The highest BCUT2D eigenvalue weighted by atomic mass is 16.5. The van der Waals surface area contributed by atoms with Crippen LogP contribution in [-0.4, -0.2) is 28.8 Å². The highest BCUT2D eigenvalue weighted by Gasteiger charge is 2.26. The van der Waals surface area contributed by atoms with Gasteiger partial charge in [0.15, 0.2) is 0 Å². The van der Waals surface area contributed by atoms with Gasteiger partial charge in [0, 0.05) is 25.9 Å². The number of nitrogens with zero attached hydrogens (tertiary/aromatic N) is 2. The monoisotopic (exact) mass is 223 g/mol. The first-order valence-electron chi connectivity index (χ1n) is 6.09. The van der Waals surface area contributed by atoms with Crippen molar-refractivity contribution in [3.8, 4) is 0 Å². The fraction of sp³-hybridized carbons (Fsp3) is 0.750. The minimum Gasteiger partial charge on any atom is -0.377 e. The van der Waals surface area contributed by atoms with Gasteiger partial charge in [0.25, 0.3) is 0 Å². The van der Waals surface area contributed by atoms with Gasteiger partial charge in [-0.3, -0.25) is 0 Å². The minimum atomic E-state index is 0.380. The molecule has 1 heterocycles. The summed E-state index contributed by atoms with van der Waals surface area (Å²) < 4.78 is 7.94. The van der Waals surface area contributed by atoms with Crippen molar-refractivity contribution in [2.45, 2.75) is 31.8 Å². The van der Waals surface area contributed by atoms with E-state index in [9.17, 15) is 0 Å². The molecule has 1 saturated carbocycles. The van der Waals surface area contributed by atoms with Crippen LogP contribution < -0.4 is 5.73 Å². The predicted octanol–water partition coefficient (Wildman–Crippen LogP) is 1.11. The molecule has 2 N–H and O–H groups in total. The summed E-state index contributed by atoms with van der Waals surface area (Å²) in [5.41, 5.74) is 5.72. The molecule has 1 aromatic heterocycles. The number of ether oxygens (including phenoxy) is 1. The summed E-state index contributed by atoms with van der Waals surface area (Å²) in [6, 6.07) is 0. The van der Waals surface area contributed by atoms with E-state index >= 15 is 0 Å². The Morgan fingerprint density at radius 2 is 2.44 bits per heavy atom. The summed E-state index contributed by atoms with van der Waals surface area (Å²) >= 11 is 0. The predicted molar refractivity (Wildman–Crippen MR) is 63.0 cm³/mol. The highest BCUT2D eigenvalue weighted by Crippen LogP contribution is 2.27. The normalized spacial score (nSPS) is 25.1. The molecule has 2 unspecified atom stereocenters. The number of hydrogen-bond acceptors (Lipinski definition) is 3. The van der Waals surface area contributed by atoms with Crippen molar-refractivity contribution >= 4 is 0 Å². The van der Waals surface area contributed by atoms with Gasteiger partial charge in [-0.1, -0.05) is 6.42 Å². The molecule has 1 aliphatic carbocycles. The van der Waals surface area contributed by atoms with E-state index in [1.54, 1.807) is 0 Å². The Balaban J connectivity index is 1.74. The van der Waals surface area contributed by atoms with Crippen LogP contribution in [-0.2, 0) is 18.2 Å². The van der Waals surface area contributed by atoms with Gasteiger partial charge in [-0.2, -0.15) is 0 Å². The molecule has 0 amide bonds. The minimum absolute atomic E-state index is 0.380. The first-order chi connectivity index (χ1) is 7.81. The molecule has 1 fully saturated rings. The third kappa shape index (κ3) is 2.62. The van der Waals surface area contributed by atoms with E-state index < -0.39 is 0 Å². The Morgan fingerprint density at radius 3 is 3.12 bits per heavy atom. The average molecular weight is 223 g/mol. The summed E-state index contributed by atoms with van der Waals surface area (Å²) in [6.45, 7) is 1.51. The van der Waals surface area contributed by atoms with Gasteiger partial charge >= 0.3 is 0 Å².